The lowest BCUT2D eigenvalue weighted by Gasteiger charge is -2.37. The molecule has 2 aromatic carbocycles. The molecule has 8 atom stereocenters. The van der Waals surface area contributed by atoms with Crippen LogP contribution in [0.15, 0.2) is 60.9 Å². The molecule has 2 saturated heterocycles. The number of amides is 4. The van der Waals surface area contributed by atoms with Crippen molar-refractivity contribution >= 4 is 24.3 Å². The van der Waals surface area contributed by atoms with Gasteiger partial charge in [0, 0.05) is 25.3 Å². The number of carbonyl (C=O) groups is 4. The lowest BCUT2D eigenvalue weighted by Crippen LogP contribution is -2.55. The number of H-pyrrole nitrogens is 2. The van der Waals surface area contributed by atoms with Crippen LogP contribution in [0, 0.1) is 11.8 Å². The highest BCUT2D eigenvalue weighted by Crippen LogP contribution is 2.30. The number of hydrogen-bond donors (Lipinski definition) is 4. The number of imidazole rings is 2. The van der Waals surface area contributed by atoms with Gasteiger partial charge in [-0.3, -0.25) is 14.4 Å². The number of aromatic nitrogens is 4. The molecule has 0 saturated carbocycles. The van der Waals surface area contributed by atoms with Crippen LogP contribution in [0.1, 0.15) is 91.7 Å². The molecule has 334 valence electrons. The van der Waals surface area contributed by atoms with Crippen molar-refractivity contribution in [2.24, 2.45) is 11.8 Å². The molecule has 4 heterocycles. The Kier molecular flexibility index (Phi) is 15.9. The second-order valence-corrected chi connectivity index (χ2v) is 16.9. The number of aromatic amines is 2. The monoisotopic (exact) mass is 852 g/mol. The van der Waals surface area contributed by atoms with E-state index < -0.39 is 18.2 Å². The van der Waals surface area contributed by atoms with Gasteiger partial charge in [0.25, 0.3) is 0 Å². The van der Waals surface area contributed by atoms with E-state index in [4.69, 9.17) is 14.2 Å². The standard InChI is InChI=1S/C47H64N8O7/c1-8-29(3)54(45(57)43(50-28-56)37-18-20-61-31(5)22-37)26-41-48-24-39(51-41)35-14-10-33(11-15-35)34-12-16-36(17-13-34)40-25-49-42(52-40)27-55(30(4)9-2)46(58)44(53-47(59)60-7)38-19-21-62-32(6)23-38/h10-17,24-25,28-32,37-38,43-44H,8-9,18-23,26-27H2,1-7H3,(H,48,51)(H,49,52)(H,50,56)(H,53,59)/t29-,30-,31?,32?,37?,38?,43?,44?/m0/s1. The maximum absolute atomic E-state index is 14.2. The van der Waals surface area contributed by atoms with Gasteiger partial charge in [-0.1, -0.05) is 62.4 Å². The molecule has 62 heavy (non-hydrogen) atoms. The summed E-state index contributed by atoms with van der Waals surface area (Å²) in [5.41, 5.74) is 5.69. The van der Waals surface area contributed by atoms with Crippen LogP contribution in [-0.2, 0) is 41.7 Å². The molecule has 4 N–H and O–H groups in total. The molecule has 2 aromatic heterocycles. The molecule has 2 aliphatic heterocycles. The summed E-state index contributed by atoms with van der Waals surface area (Å²) < 4.78 is 16.4. The fourth-order valence-electron chi connectivity index (χ4n) is 8.61. The first-order chi connectivity index (χ1) is 29.9. The zero-order valence-corrected chi connectivity index (χ0v) is 37.2. The number of nitrogens with zero attached hydrogens (tertiary/aromatic N) is 4. The van der Waals surface area contributed by atoms with Crippen molar-refractivity contribution in [1.29, 1.82) is 0 Å². The van der Waals surface area contributed by atoms with E-state index >= 15 is 0 Å². The highest BCUT2D eigenvalue weighted by molar-refractivity contribution is 5.86. The summed E-state index contributed by atoms with van der Waals surface area (Å²) in [5.74, 6) is 0.976. The summed E-state index contributed by atoms with van der Waals surface area (Å²) in [5, 5.41) is 5.65. The van der Waals surface area contributed by atoms with Crippen LogP contribution in [0.4, 0.5) is 4.79 Å². The zero-order chi connectivity index (χ0) is 44.3. The lowest BCUT2D eigenvalue weighted by atomic mass is 9.87. The van der Waals surface area contributed by atoms with Crippen LogP contribution >= 0.6 is 0 Å². The number of methoxy groups -OCH3 is 1. The van der Waals surface area contributed by atoms with Gasteiger partial charge in [-0.2, -0.15) is 0 Å². The number of carbonyl (C=O) groups excluding carboxylic acids is 4. The van der Waals surface area contributed by atoms with Crippen molar-refractivity contribution in [2.75, 3.05) is 20.3 Å². The Bertz CT molecular complexity index is 2090. The van der Waals surface area contributed by atoms with Crippen LogP contribution in [0.25, 0.3) is 33.6 Å². The Balaban J connectivity index is 1.11. The second kappa shape index (κ2) is 21.5. The summed E-state index contributed by atoms with van der Waals surface area (Å²) in [7, 11) is 1.30. The Morgan fingerprint density at radius 2 is 1.16 bits per heavy atom. The van der Waals surface area contributed by atoms with E-state index in [0.717, 1.165) is 46.5 Å². The van der Waals surface area contributed by atoms with Crippen molar-refractivity contribution < 1.29 is 33.4 Å². The highest BCUT2D eigenvalue weighted by atomic mass is 16.5. The minimum Gasteiger partial charge on any atom is -0.453 e. The number of hydrogen-bond acceptors (Lipinski definition) is 9. The molecule has 0 spiro atoms. The van der Waals surface area contributed by atoms with Crippen molar-refractivity contribution in [3.63, 3.8) is 0 Å². The van der Waals surface area contributed by atoms with Gasteiger partial charge >= 0.3 is 6.09 Å². The topological polar surface area (TPSA) is 184 Å². The average Bonchev–Trinajstić information content (AvgIpc) is 3.98. The fraction of sp³-hybridized carbons (Fsp3) is 0.532. The van der Waals surface area contributed by atoms with E-state index in [1.54, 1.807) is 17.3 Å². The Morgan fingerprint density at radius 1 is 0.742 bits per heavy atom. The Labute approximate surface area is 365 Å². The van der Waals surface area contributed by atoms with Gasteiger partial charge in [0.15, 0.2) is 0 Å². The quantitative estimate of drug-likeness (QED) is 0.0778. The van der Waals surface area contributed by atoms with Gasteiger partial charge in [0.05, 0.1) is 56.2 Å². The third-order valence-electron chi connectivity index (χ3n) is 12.7. The van der Waals surface area contributed by atoms with Crippen molar-refractivity contribution in [3.8, 4) is 33.6 Å². The molecule has 15 nitrogen and oxygen atoms in total. The van der Waals surface area contributed by atoms with Gasteiger partial charge in [0.1, 0.15) is 23.7 Å². The lowest BCUT2D eigenvalue weighted by molar-refractivity contribution is -0.141. The maximum Gasteiger partial charge on any atom is 0.407 e. The summed E-state index contributed by atoms with van der Waals surface area (Å²) in [4.78, 5) is 71.9. The minimum atomic E-state index is -0.739. The van der Waals surface area contributed by atoms with Gasteiger partial charge in [0.2, 0.25) is 18.2 Å². The van der Waals surface area contributed by atoms with Crippen LogP contribution in [0.5, 0.6) is 0 Å². The van der Waals surface area contributed by atoms with Crippen LogP contribution < -0.4 is 10.6 Å². The molecule has 4 amide bonds. The molecule has 6 unspecified atom stereocenters. The third-order valence-corrected chi connectivity index (χ3v) is 12.7. The zero-order valence-electron chi connectivity index (χ0n) is 37.2. The smallest absolute Gasteiger partial charge is 0.407 e. The largest absolute Gasteiger partial charge is 0.453 e. The minimum absolute atomic E-state index is 0.00251. The number of benzene rings is 2. The average molecular weight is 853 g/mol. The first-order valence-electron chi connectivity index (χ1n) is 22.1. The number of rotatable bonds is 18. The van der Waals surface area contributed by atoms with Crippen LogP contribution in [-0.4, -0.2) is 111 Å². The summed E-state index contributed by atoms with van der Waals surface area (Å²) >= 11 is 0. The fourth-order valence-corrected chi connectivity index (χ4v) is 8.61. The molecule has 2 fully saturated rings. The molecule has 15 heteroatoms. The summed E-state index contributed by atoms with van der Waals surface area (Å²) in [6.07, 6.45) is 7.85. The maximum atomic E-state index is 14.2. The first kappa shape index (κ1) is 46.0. The number of nitrogens with one attached hydrogen (secondary N) is 4. The SMILES string of the molecule is CC[C@H](C)N(Cc1ncc(-c2ccc(-c3ccc(-c4cnc(CN(C(=O)C(NC(=O)OC)C5CCOC(C)C5)[C@@H](C)CC)[nH]4)cc3)cc2)[nH]1)C(=O)C(NC=O)C1CCOC(C)C1. The van der Waals surface area contributed by atoms with Gasteiger partial charge in [-0.15, -0.1) is 0 Å². The van der Waals surface area contributed by atoms with E-state index in [0.29, 0.717) is 63.5 Å². The van der Waals surface area contributed by atoms with Gasteiger partial charge < -0.3 is 44.6 Å². The molecule has 0 radical (unpaired) electrons. The van der Waals surface area contributed by atoms with Crippen molar-refractivity contribution in [2.45, 2.75) is 130 Å². The molecule has 6 rings (SSSR count). The summed E-state index contributed by atoms with van der Waals surface area (Å²) in [6.45, 7) is 13.8. The highest BCUT2D eigenvalue weighted by Gasteiger charge is 2.38. The van der Waals surface area contributed by atoms with Crippen LogP contribution in [0.3, 0.4) is 0 Å². The first-order valence-corrected chi connectivity index (χ1v) is 22.1. The molecule has 4 aromatic rings. The van der Waals surface area contributed by atoms with E-state index in [-0.39, 0.29) is 54.5 Å². The number of ether oxygens (including phenoxy) is 3. The molecular formula is C47H64N8O7. The van der Waals surface area contributed by atoms with E-state index in [9.17, 15) is 19.2 Å². The third kappa shape index (κ3) is 11.3. The molecule has 2 aliphatic rings. The molecular weight excluding hydrogens is 789 g/mol. The number of alkyl carbamates (subject to hydrolysis) is 1. The van der Waals surface area contributed by atoms with E-state index in [2.05, 4.69) is 54.8 Å². The van der Waals surface area contributed by atoms with Crippen LogP contribution in [0.2, 0.25) is 0 Å². The summed E-state index contributed by atoms with van der Waals surface area (Å²) in [6, 6.07) is 15.0. The predicted molar refractivity (Wildman–Crippen MR) is 236 cm³/mol. The van der Waals surface area contributed by atoms with Crippen molar-refractivity contribution in [1.82, 2.24) is 40.4 Å². The van der Waals surface area contributed by atoms with Crippen molar-refractivity contribution in [3.05, 3.63) is 72.6 Å². The van der Waals surface area contributed by atoms with E-state index in [1.165, 1.54) is 7.11 Å². The normalized spacial score (nSPS) is 20.9. The second-order valence-electron chi connectivity index (χ2n) is 16.9. The van der Waals surface area contributed by atoms with E-state index in [1.807, 2.05) is 70.7 Å². The molecule has 0 aliphatic carbocycles. The predicted octanol–water partition coefficient (Wildman–Crippen LogP) is 6.86. The van der Waals surface area contributed by atoms with Gasteiger partial charge in [-0.25, -0.2) is 14.8 Å². The van der Waals surface area contributed by atoms with Gasteiger partial charge in [-0.05, 0) is 100 Å². The molecule has 0 bridgehead atoms. The Hall–Kier alpha value is -5.54. The Morgan fingerprint density at radius 3 is 1.56 bits per heavy atom.